The molecular weight excluding hydrogens is 271 g/mol. The summed E-state index contributed by atoms with van der Waals surface area (Å²) in [5, 5.41) is 9.82. The maximum Gasteiger partial charge on any atom is 0.123 e. The van der Waals surface area contributed by atoms with E-state index in [0.29, 0.717) is 12.3 Å². The highest BCUT2D eigenvalue weighted by atomic mass is 79.9. The van der Waals surface area contributed by atoms with Crippen LogP contribution in [-0.4, -0.2) is 11.2 Å². The number of hydrogen-bond acceptors (Lipinski definition) is 1. The van der Waals surface area contributed by atoms with Gasteiger partial charge in [-0.2, -0.15) is 0 Å². The summed E-state index contributed by atoms with van der Waals surface area (Å²) < 4.78 is 13.9. The van der Waals surface area contributed by atoms with E-state index in [-0.39, 0.29) is 11.9 Å². The zero-order valence-electron chi connectivity index (χ0n) is 9.71. The Morgan fingerprint density at radius 3 is 2.62 bits per heavy atom. The van der Waals surface area contributed by atoms with Gasteiger partial charge in [0.05, 0.1) is 6.10 Å². The monoisotopic (exact) mass is 288 g/mol. The van der Waals surface area contributed by atoms with Crippen molar-refractivity contribution < 1.29 is 9.50 Å². The summed E-state index contributed by atoms with van der Waals surface area (Å²) in [7, 11) is 0. The van der Waals surface area contributed by atoms with Crippen LogP contribution in [0.3, 0.4) is 0 Å². The number of aliphatic hydroxyl groups is 1. The molecule has 0 radical (unpaired) electrons. The van der Waals surface area contributed by atoms with E-state index in [9.17, 15) is 9.50 Å². The molecule has 1 nitrogen and oxygen atoms in total. The zero-order chi connectivity index (χ0) is 12.1. The maximum absolute atomic E-state index is 13.0. The average molecular weight is 289 g/mol. The summed E-state index contributed by atoms with van der Waals surface area (Å²) in [6, 6.07) is 4.57. The molecule has 1 aromatic rings. The molecule has 1 rings (SSSR count). The molecule has 1 unspecified atom stereocenters. The standard InChI is InChI=1S/C13H18BrFO/c1-9(2)3-5-12(16)8-10-7-11(15)4-6-13(10)14/h4,6-7,9,12,16H,3,5,8H2,1-2H3. The first-order chi connectivity index (χ1) is 7.49. The van der Waals surface area contributed by atoms with Crippen LogP contribution in [0.25, 0.3) is 0 Å². The number of aliphatic hydroxyl groups excluding tert-OH is 1. The molecule has 0 bridgehead atoms. The van der Waals surface area contributed by atoms with Crippen LogP contribution in [0.4, 0.5) is 4.39 Å². The van der Waals surface area contributed by atoms with E-state index >= 15 is 0 Å². The molecule has 16 heavy (non-hydrogen) atoms. The molecule has 0 spiro atoms. The van der Waals surface area contributed by atoms with Crippen LogP contribution in [0.2, 0.25) is 0 Å². The quantitative estimate of drug-likeness (QED) is 0.870. The Morgan fingerprint density at radius 1 is 1.31 bits per heavy atom. The molecule has 0 aliphatic carbocycles. The van der Waals surface area contributed by atoms with E-state index in [1.54, 1.807) is 6.07 Å². The highest BCUT2D eigenvalue weighted by molar-refractivity contribution is 9.10. The van der Waals surface area contributed by atoms with E-state index in [4.69, 9.17) is 0 Å². The zero-order valence-corrected chi connectivity index (χ0v) is 11.3. The van der Waals surface area contributed by atoms with Crippen molar-refractivity contribution in [2.24, 2.45) is 5.92 Å². The molecule has 0 fully saturated rings. The lowest BCUT2D eigenvalue weighted by molar-refractivity contribution is 0.156. The SMILES string of the molecule is CC(C)CCC(O)Cc1cc(F)ccc1Br. The number of halogens is 2. The van der Waals surface area contributed by atoms with Gasteiger partial charge in [-0.25, -0.2) is 4.39 Å². The molecule has 0 heterocycles. The highest BCUT2D eigenvalue weighted by Crippen LogP contribution is 2.21. The fraction of sp³-hybridized carbons (Fsp3) is 0.538. The predicted octanol–water partition coefficient (Wildman–Crippen LogP) is 3.93. The molecule has 0 aromatic heterocycles. The molecule has 0 saturated carbocycles. The maximum atomic E-state index is 13.0. The van der Waals surface area contributed by atoms with Gasteiger partial charge in [-0.3, -0.25) is 0 Å². The summed E-state index contributed by atoms with van der Waals surface area (Å²) in [5.41, 5.74) is 0.830. The van der Waals surface area contributed by atoms with E-state index < -0.39 is 0 Å². The summed E-state index contributed by atoms with van der Waals surface area (Å²) in [6.07, 6.45) is 1.88. The van der Waals surface area contributed by atoms with Gasteiger partial charge in [-0.05, 0) is 48.9 Å². The Morgan fingerprint density at radius 2 is 2.00 bits per heavy atom. The minimum Gasteiger partial charge on any atom is -0.393 e. The van der Waals surface area contributed by atoms with Crippen molar-refractivity contribution >= 4 is 15.9 Å². The lowest BCUT2D eigenvalue weighted by Crippen LogP contribution is -2.12. The van der Waals surface area contributed by atoms with Crippen molar-refractivity contribution in [1.29, 1.82) is 0 Å². The van der Waals surface area contributed by atoms with E-state index in [2.05, 4.69) is 29.8 Å². The van der Waals surface area contributed by atoms with E-state index in [1.165, 1.54) is 12.1 Å². The van der Waals surface area contributed by atoms with Gasteiger partial charge in [-0.1, -0.05) is 29.8 Å². The van der Waals surface area contributed by atoms with Gasteiger partial charge >= 0.3 is 0 Å². The van der Waals surface area contributed by atoms with Gasteiger partial charge in [-0.15, -0.1) is 0 Å². The Kier molecular flexibility index (Phi) is 5.42. The molecule has 0 saturated heterocycles. The third-order valence-electron chi connectivity index (χ3n) is 2.54. The number of rotatable bonds is 5. The van der Waals surface area contributed by atoms with Gasteiger partial charge in [0.1, 0.15) is 5.82 Å². The molecule has 1 atom stereocenters. The van der Waals surface area contributed by atoms with Crippen molar-refractivity contribution in [3.63, 3.8) is 0 Å². The van der Waals surface area contributed by atoms with Gasteiger partial charge in [0.2, 0.25) is 0 Å². The van der Waals surface area contributed by atoms with Crippen molar-refractivity contribution in [2.45, 2.75) is 39.2 Å². The van der Waals surface area contributed by atoms with Crippen molar-refractivity contribution in [2.75, 3.05) is 0 Å². The van der Waals surface area contributed by atoms with Crippen LogP contribution in [-0.2, 0) is 6.42 Å². The Labute approximate surface area is 105 Å². The molecule has 90 valence electrons. The van der Waals surface area contributed by atoms with Gasteiger partial charge in [0.15, 0.2) is 0 Å². The predicted molar refractivity (Wildman–Crippen MR) is 67.9 cm³/mol. The largest absolute Gasteiger partial charge is 0.393 e. The lowest BCUT2D eigenvalue weighted by atomic mass is 10.00. The van der Waals surface area contributed by atoms with E-state index in [1.807, 2.05) is 0 Å². The molecule has 0 aliphatic rings. The Bertz CT molecular complexity index is 339. The molecule has 0 aliphatic heterocycles. The second-order valence-corrected chi connectivity index (χ2v) is 5.42. The van der Waals surface area contributed by atoms with Crippen LogP contribution in [0.1, 0.15) is 32.3 Å². The Hall–Kier alpha value is -0.410. The fourth-order valence-electron chi connectivity index (χ4n) is 1.58. The molecular formula is C13H18BrFO. The first kappa shape index (κ1) is 13.7. The van der Waals surface area contributed by atoms with E-state index in [0.717, 1.165) is 22.9 Å². The van der Waals surface area contributed by atoms with Gasteiger partial charge in [0.25, 0.3) is 0 Å². The Balaban J connectivity index is 2.55. The summed E-state index contributed by atoms with van der Waals surface area (Å²) >= 11 is 3.36. The first-order valence-electron chi connectivity index (χ1n) is 5.61. The molecule has 1 aromatic carbocycles. The smallest absolute Gasteiger partial charge is 0.123 e. The van der Waals surface area contributed by atoms with Gasteiger partial charge in [0, 0.05) is 4.47 Å². The highest BCUT2D eigenvalue weighted by Gasteiger charge is 2.10. The minimum absolute atomic E-state index is 0.255. The molecule has 3 heteroatoms. The molecule has 1 N–H and O–H groups in total. The van der Waals surface area contributed by atoms with Crippen LogP contribution in [0.15, 0.2) is 22.7 Å². The average Bonchev–Trinajstić information content (AvgIpc) is 2.20. The van der Waals surface area contributed by atoms with Crippen LogP contribution in [0, 0.1) is 11.7 Å². The normalized spacial score (nSPS) is 13.1. The molecule has 0 amide bonds. The van der Waals surface area contributed by atoms with Crippen LogP contribution in [0.5, 0.6) is 0 Å². The summed E-state index contributed by atoms with van der Waals surface area (Å²) in [4.78, 5) is 0. The fourth-order valence-corrected chi connectivity index (χ4v) is 1.99. The number of benzene rings is 1. The summed E-state index contributed by atoms with van der Waals surface area (Å²) in [5.74, 6) is 0.333. The van der Waals surface area contributed by atoms with Crippen LogP contribution >= 0.6 is 15.9 Å². The lowest BCUT2D eigenvalue weighted by Gasteiger charge is -2.13. The second-order valence-electron chi connectivity index (χ2n) is 4.56. The second kappa shape index (κ2) is 6.36. The topological polar surface area (TPSA) is 20.2 Å². The van der Waals surface area contributed by atoms with Crippen molar-refractivity contribution in [3.05, 3.63) is 34.1 Å². The van der Waals surface area contributed by atoms with Crippen molar-refractivity contribution in [3.8, 4) is 0 Å². The third-order valence-corrected chi connectivity index (χ3v) is 3.31. The van der Waals surface area contributed by atoms with Gasteiger partial charge < -0.3 is 5.11 Å². The number of hydrogen-bond donors (Lipinski definition) is 1. The van der Waals surface area contributed by atoms with Crippen LogP contribution < -0.4 is 0 Å². The minimum atomic E-state index is -0.388. The van der Waals surface area contributed by atoms with Crippen molar-refractivity contribution in [1.82, 2.24) is 0 Å². The summed E-state index contributed by atoms with van der Waals surface area (Å²) in [6.45, 7) is 4.26. The first-order valence-corrected chi connectivity index (χ1v) is 6.40. The third kappa shape index (κ3) is 4.62.